The summed E-state index contributed by atoms with van der Waals surface area (Å²) in [6.45, 7) is 1.01. The van der Waals surface area contributed by atoms with Gasteiger partial charge < -0.3 is 15.2 Å². The SMILES string of the molecule is Cc1ccc2[nH]c(CO)c(CO)c2c1[N+](=O)[O-]. The lowest BCUT2D eigenvalue weighted by molar-refractivity contribution is -0.383. The first-order valence-corrected chi connectivity index (χ1v) is 5.09. The third kappa shape index (κ3) is 1.67. The number of aliphatic hydroxyl groups excluding tert-OH is 2. The molecule has 0 spiro atoms. The maximum Gasteiger partial charge on any atom is 0.281 e. The Morgan fingerprint density at radius 2 is 2.06 bits per heavy atom. The van der Waals surface area contributed by atoms with Gasteiger partial charge in [0.2, 0.25) is 0 Å². The second kappa shape index (κ2) is 4.15. The first kappa shape index (κ1) is 11.6. The number of nitrogens with zero attached hydrogens (tertiary/aromatic N) is 1. The fourth-order valence-electron chi connectivity index (χ4n) is 2.04. The lowest BCUT2D eigenvalue weighted by Gasteiger charge is -2.01. The summed E-state index contributed by atoms with van der Waals surface area (Å²) >= 11 is 0. The number of rotatable bonds is 3. The van der Waals surface area contributed by atoms with E-state index in [1.54, 1.807) is 19.1 Å². The van der Waals surface area contributed by atoms with E-state index in [4.69, 9.17) is 5.11 Å². The van der Waals surface area contributed by atoms with Crippen molar-refractivity contribution in [1.82, 2.24) is 4.98 Å². The lowest BCUT2D eigenvalue weighted by Crippen LogP contribution is -1.95. The Morgan fingerprint density at radius 1 is 1.35 bits per heavy atom. The monoisotopic (exact) mass is 236 g/mol. The Balaban J connectivity index is 2.91. The van der Waals surface area contributed by atoms with Gasteiger partial charge in [-0.25, -0.2) is 0 Å². The summed E-state index contributed by atoms with van der Waals surface area (Å²) < 4.78 is 0. The number of benzene rings is 1. The topological polar surface area (TPSA) is 99.4 Å². The van der Waals surface area contributed by atoms with Crippen molar-refractivity contribution in [2.75, 3.05) is 0 Å². The Labute approximate surface area is 96.7 Å². The van der Waals surface area contributed by atoms with E-state index in [9.17, 15) is 15.2 Å². The van der Waals surface area contributed by atoms with Crippen LogP contribution in [0.15, 0.2) is 12.1 Å². The highest BCUT2D eigenvalue weighted by Gasteiger charge is 2.22. The molecule has 90 valence electrons. The van der Waals surface area contributed by atoms with Crippen molar-refractivity contribution < 1.29 is 15.1 Å². The van der Waals surface area contributed by atoms with Gasteiger partial charge in [-0.1, -0.05) is 6.07 Å². The summed E-state index contributed by atoms with van der Waals surface area (Å²) in [7, 11) is 0. The molecule has 0 bridgehead atoms. The molecule has 0 fully saturated rings. The van der Waals surface area contributed by atoms with Crippen LogP contribution in [0.25, 0.3) is 10.9 Å². The van der Waals surface area contributed by atoms with Crippen LogP contribution in [0.4, 0.5) is 5.69 Å². The van der Waals surface area contributed by atoms with Crippen molar-refractivity contribution >= 4 is 16.6 Å². The summed E-state index contributed by atoms with van der Waals surface area (Å²) in [5, 5.41) is 29.8. The molecule has 0 aliphatic heterocycles. The average molecular weight is 236 g/mol. The average Bonchev–Trinajstić information content (AvgIpc) is 2.65. The Hall–Kier alpha value is -1.92. The molecule has 2 rings (SSSR count). The van der Waals surface area contributed by atoms with E-state index in [2.05, 4.69) is 4.98 Å². The number of hydrogen-bond acceptors (Lipinski definition) is 4. The van der Waals surface area contributed by atoms with E-state index in [0.29, 0.717) is 27.7 Å². The van der Waals surface area contributed by atoms with Crippen LogP contribution < -0.4 is 0 Å². The predicted octanol–water partition coefficient (Wildman–Crippen LogP) is 1.37. The third-order valence-corrected chi connectivity index (χ3v) is 2.83. The molecule has 0 aliphatic rings. The largest absolute Gasteiger partial charge is 0.392 e. The van der Waals surface area contributed by atoms with Crippen LogP contribution >= 0.6 is 0 Å². The number of nitrogens with one attached hydrogen (secondary N) is 1. The van der Waals surface area contributed by atoms with Crippen molar-refractivity contribution in [2.45, 2.75) is 20.1 Å². The highest BCUT2D eigenvalue weighted by molar-refractivity contribution is 5.94. The molecule has 6 heteroatoms. The van der Waals surface area contributed by atoms with Gasteiger partial charge in [-0.05, 0) is 13.0 Å². The van der Waals surface area contributed by atoms with Crippen LogP contribution in [0.1, 0.15) is 16.8 Å². The molecule has 0 unspecified atom stereocenters. The molecular weight excluding hydrogens is 224 g/mol. The summed E-state index contributed by atoms with van der Waals surface area (Å²) in [6, 6.07) is 3.34. The van der Waals surface area contributed by atoms with Crippen LogP contribution in [0.5, 0.6) is 0 Å². The molecule has 3 N–H and O–H groups in total. The number of H-pyrrole nitrogens is 1. The van der Waals surface area contributed by atoms with E-state index >= 15 is 0 Å². The minimum absolute atomic E-state index is 0.0255. The minimum atomic E-state index is -0.466. The molecular formula is C11H12N2O4. The van der Waals surface area contributed by atoms with Crippen LogP contribution in [0, 0.1) is 17.0 Å². The van der Waals surface area contributed by atoms with E-state index in [-0.39, 0.29) is 18.9 Å². The molecule has 0 atom stereocenters. The normalized spacial score (nSPS) is 11.0. The first-order chi connectivity index (χ1) is 8.10. The number of nitro groups is 1. The fraction of sp³-hybridized carbons (Fsp3) is 0.273. The number of aliphatic hydroxyl groups is 2. The quantitative estimate of drug-likeness (QED) is 0.553. The van der Waals surface area contributed by atoms with Crippen molar-refractivity contribution in [2.24, 2.45) is 0 Å². The van der Waals surface area contributed by atoms with Gasteiger partial charge in [-0.2, -0.15) is 0 Å². The first-order valence-electron chi connectivity index (χ1n) is 5.09. The summed E-state index contributed by atoms with van der Waals surface area (Å²) in [4.78, 5) is 13.5. The van der Waals surface area contributed by atoms with Crippen molar-refractivity contribution in [3.05, 3.63) is 39.1 Å². The third-order valence-electron chi connectivity index (χ3n) is 2.83. The van der Waals surface area contributed by atoms with Crippen molar-refractivity contribution in [3.8, 4) is 0 Å². The molecule has 0 radical (unpaired) electrons. The molecule has 0 amide bonds. The maximum atomic E-state index is 11.0. The molecule has 1 aromatic carbocycles. The zero-order valence-corrected chi connectivity index (χ0v) is 9.23. The van der Waals surface area contributed by atoms with Gasteiger partial charge in [0.1, 0.15) is 0 Å². The summed E-state index contributed by atoms with van der Waals surface area (Å²) in [5.41, 5.74) is 1.85. The van der Waals surface area contributed by atoms with Crippen LogP contribution in [-0.2, 0) is 13.2 Å². The highest BCUT2D eigenvalue weighted by atomic mass is 16.6. The zero-order valence-electron chi connectivity index (χ0n) is 9.23. The molecule has 0 aliphatic carbocycles. The molecule has 1 aromatic heterocycles. The van der Waals surface area contributed by atoms with E-state index in [1.807, 2.05) is 0 Å². The van der Waals surface area contributed by atoms with E-state index in [1.165, 1.54) is 0 Å². The molecule has 17 heavy (non-hydrogen) atoms. The van der Waals surface area contributed by atoms with Crippen LogP contribution in [0.2, 0.25) is 0 Å². The zero-order chi connectivity index (χ0) is 12.6. The number of aryl methyl sites for hydroxylation is 1. The van der Waals surface area contributed by atoms with Gasteiger partial charge in [-0.15, -0.1) is 0 Å². The van der Waals surface area contributed by atoms with Crippen LogP contribution in [0.3, 0.4) is 0 Å². The van der Waals surface area contributed by atoms with Crippen LogP contribution in [-0.4, -0.2) is 20.1 Å². The highest BCUT2D eigenvalue weighted by Crippen LogP contribution is 2.33. The summed E-state index contributed by atoms with van der Waals surface area (Å²) in [6.07, 6.45) is 0. The molecule has 6 nitrogen and oxygen atoms in total. The Morgan fingerprint density at radius 3 is 2.59 bits per heavy atom. The number of fused-ring (bicyclic) bond motifs is 1. The fourth-order valence-corrected chi connectivity index (χ4v) is 2.04. The van der Waals surface area contributed by atoms with E-state index in [0.717, 1.165) is 0 Å². The number of nitro benzene ring substituents is 1. The van der Waals surface area contributed by atoms with Crippen molar-refractivity contribution in [3.63, 3.8) is 0 Å². The second-order valence-corrected chi connectivity index (χ2v) is 3.81. The molecule has 0 saturated heterocycles. The molecule has 1 heterocycles. The number of aromatic nitrogens is 1. The standard InChI is InChI=1S/C11H12N2O4/c1-6-2-3-8-10(11(6)13(16)17)7(4-14)9(5-15)12-8/h2-3,12,14-15H,4-5H2,1H3. The second-order valence-electron chi connectivity index (χ2n) is 3.81. The van der Waals surface area contributed by atoms with E-state index < -0.39 is 4.92 Å². The smallest absolute Gasteiger partial charge is 0.281 e. The van der Waals surface area contributed by atoms with Crippen molar-refractivity contribution in [1.29, 1.82) is 0 Å². The number of hydrogen-bond donors (Lipinski definition) is 3. The van der Waals surface area contributed by atoms with Gasteiger partial charge in [-0.3, -0.25) is 10.1 Å². The van der Waals surface area contributed by atoms with Gasteiger partial charge in [0.15, 0.2) is 0 Å². The van der Waals surface area contributed by atoms with Gasteiger partial charge in [0.05, 0.1) is 29.0 Å². The van der Waals surface area contributed by atoms with Gasteiger partial charge in [0, 0.05) is 16.8 Å². The maximum absolute atomic E-state index is 11.0. The number of aromatic amines is 1. The molecule has 2 aromatic rings. The Kier molecular flexibility index (Phi) is 2.83. The minimum Gasteiger partial charge on any atom is -0.392 e. The van der Waals surface area contributed by atoms with Gasteiger partial charge in [0.25, 0.3) is 5.69 Å². The molecule has 0 saturated carbocycles. The summed E-state index contributed by atoms with van der Waals surface area (Å²) in [5.74, 6) is 0. The Bertz CT molecular complexity index is 589. The van der Waals surface area contributed by atoms with Gasteiger partial charge >= 0.3 is 0 Å². The lowest BCUT2D eigenvalue weighted by atomic mass is 10.1. The predicted molar refractivity (Wildman–Crippen MR) is 61.5 cm³/mol.